The average Bonchev–Trinajstić information content (AvgIpc) is 3.14. The number of carbonyl (C=O) groups is 3. The fourth-order valence-electron chi connectivity index (χ4n) is 14.2. The van der Waals surface area contributed by atoms with Gasteiger partial charge in [0.15, 0.2) is 0 Å². The molecule has 304 valence electrons. The Morgan fingerprint density at radius 3 is 1.35 bits per heavy atom. The monoisotopic (exact) mass is 780 g/mol. The van der Waals surface area contributed by atoms with Crippen LogP contribution in [0.1, 0.15) is 89.2 Å². The van der Waals surface area contributed by atoms with Crippen LogP contribution in [-0.2, 0) is 25.2 Å². The molecule has 2 aliphatic heterocycles. The Morgan fingerprint density at radius 1 is 0.667 bits per heavy atom. The molecule has 0 radical (unpaired) electrons. The predicted octanol–water partition coefficient (Wildman–Crippen LogP) is 7.86. The molecule has 8 nitrogen and oxygen atoms in total. The van der Waals surface area contributed by atoms with Gasteiger partial charge in [0.05, 0.1) is 25.1 Å². The van der Waals surface area contributed by atoms with Crippen molar-refractivity contribution < 1.29 is 27.9 Å². The van der Waals surface area contributed by atoms with E-state index >= 15 is 0 Å². The van der Waals surface area contributed by atoms with Crippen molar-refractivity contribution in [2.75, 3.05) is 33.2 Å². The third-order valence-corrected chi connectivity index (χ3v) is 17.3. The summed E-state index contributed by atoms with van der Waals surface area (Å²) in [4.78, 5) is 41.5. The molecule has 2 aromatic carbocycles. The van der Waals surface area contributed by atoms with Crippen LogP contribution in [0.2, 0.25) is 0 Å². The lowest BCUT2D eigenvalue weighted by Gasteiger charge is -2.64. The number of hydrogen-bond acceptors (Lipinski definition) is 5. The molecule has 8 bridgehead atoms. The van der Waals surface area contributed by atoms with Crippen LogP contribution in [0.4, 0.5) is 13.6 Å². The molecule has 0 atom stereocenters. The van der Waals surface area contributed by atoms with Crippen LogP contribution < -0.4 is 5.32 Å². The Balaban J connectivity index is 0.000000149. The Labute approximate surface area is 336 Å². The summed E-state index contributed by atoms with van der Waals surface area (Å²) in [5, 5.41) is 11.5. The van der Waals surface area contributed by atoms with Crippen molar-refractivity contribution in [1.29, 1.82) is 5.26 Å². The lowest BCUT2D eigenvalue weighted by Crippen LogP contribution is -2.61. The van der Waals surface area contributed by atoms with Crippen molar-refractivity contribution >= 4 is 17.9 Å². The maximum absolute atomic E-state index is 13.7. The van der Waals surface area contributed by atoms with Crippen LogP contribution in [-0.4, -0.2) is 67.0 Å². The van der Waals surface area contributed by atoms with Gasteiger partial charge in [-0.2, -0.15) is 5.26 Å². The Kier molecular flexibility index (Phi) is 9.92. The maximum atomic E-state index is 13.7. The first-order valence-corrected chi connectivity index (χ1v) is 21.8. The standard InChI is InChI=1S/C24H31FN2O3.C23H27FN2O/c1-14-15-7-18-9-16(14)10-19(8-15)24(18,17-3-5-20(25)6-4-17)11-22(28)27-12-21(13-27)30-23(29)26-2;1-14-16-6-19-8-17(14)9-20(7-16)23(19,18-2-4-21(24)5-3-18)10-22(27)26-12-15(11-25)13-26/h3-6,14-16,18-19,21H,7-13H2,1-2H3,(H,26,29);2-5,14-17,19-20H,6-10,12-13H2,1H3. The van der Waals surface area contributed by atoms with Gasteiger partial charge in [-0.15, -0.1) is 0 Å². The number of rotatable bonds is 7. The van der Waals surface area contributed by atoms with E-state index in [2.05, 4.69) is 25.2 Å². The summed E-state index contributed by atoms with van der Waals surface area (Å²) in [6.07, 6.45) is 9.89. The molecule has 2 aromatic rings. The highest BCUT2D eigenvalue weighted by Gasteiger charge is 2.62. The molecular weight excluding hydrogens is 723 g/mol. The van der Waals surface area contributed by atoms with Crippen molar-refractivity contribution in [3.05, 3.63) is 71.3 Å². The molecule has 10 fully saturated rings. The fourth-order valence-corrected chi connectivity index (χ4v) is 14.2. The average molecular weight is 781 g/mol. The normalized spacial score (nSPS) is 38.4. The van der Waals surface area contributed by atoms with Gasteiger partial charge in [0.1, 0.15) is 17.7 Å². The molecule has 0 spiro atoms. The van der Waals surface area contributed by atoms with Gasteiger partial charge in [0, 0.05) is 43.8 Å². The maximum Gasteiger partial charge on any atom is 0.407 e. The lowest BCUT2D eigenvalue weighted by molar-refractivity contribution is -0.151. The quantitative estimate of drug-likeness (QED) is 0.309. The van der Waals surface area contributed by atoms with Gasteiger partial charge in [-0.25, -0.2) is 13.6 Å². The van der Waals surface area contributed by atoms with Crippen LogP contribution in [0, 0.1) is 88.1 Å². The van der Waals surface area contributed by atoms with Crippen molar-refractivity contribution in [2.24, 2.45) is 65.1 Å². The molecule has 0 unspecified atom stereocenters. The number of likely N-dealkylation sites (tertiary alicyclic amines) is 2. The van der Waals surface area contributed by atoms with Crippen molar-refractivity contribution in [3.63, 3.8) is 0 Å². The molecule has 57 heavy (non-hydrogen) atoms. The summed E-state index contributed by atoms with van der Waals surface area (Å²) in [7, 11) is 1.53. The predicted molar refractivity (Wildman–Crippen MR) is 210 cm³/mol. The molecule has 3 amide bonds. The van der Waals surface area contributed by atoms with Crippen LogP contribution in [0.3, 0.4) is 0 Å². The zero-order chi connectivity index (χ0) is 39.8. The number of nitriles is 1. The SMILES string of the molecule is CC1C2CC3CC1CC(C2)C3(CC(=O)N1CC(C#N)C1)c1ccc(F)cc1.CNC(=O)OC1CN(C(=O)CC2(c3ccc(F)cc3)C3CC4CC2CC(C3)C4C)C1. The molecule has 0 aromatic heterocycles. The largest absolute Gasteiger partial charge is 0.442 e. The molecule has 2 heterocycles. The minimum Gasteiger partial charge on any atom is -0.442 e. The first-order valence-electron chi connectivity index (χ1n) is 21.8. The fraction of sp³-hybridized carbons (Fsp3) is 0.660. The van der Waals surface area contributed by atoms with Gasteiger partial charge < -0.3 is 19.9 Å². The number of nitrogens with zero attached hydrogens (tertiary/aromatic N) is 3. The first kappa shape index (κ1) is 38.5. The van der Waals surface area contributed by atoms with E-state index in [9.17, 15) is 23.2 Å². The van der Waals surface area contributed by atoms with Gasteiger partial charge in [-0.3, -0.25) is 9.59 Å². The third kappa shape index (κ3) is 6.45. The van der Waals surface area contributed by atoms with E-state index in [1.54, 1.807) is 24.3 Å². The Bertz CT molecular complexity index is 1840. The number of hydrogen-bond donors (Lipinski definition) is 1. The van der Waals surface area contributed by atoms with Crippen LogP contribution in [0.25, 0.3) is 0 Å². The first-order chi connectivity index (χ1) is 27.4. The van der Waals surface area contributed by atoms with E-state index in [4.69, 9.17) is 10.00 Å². The van der Waals surface area contributed by atoms with Gasteiger partial charge in [0.2, 0.25) is 11.8 Å². The summed E-state index contributed by atoms with van der Waals surface area (Å²) < 4.78 is 32.6. The van der Waals surface area contributed by atoms with Crippen LogP contribution in [0.15, 0.2) is 48.5 Å². The molecule has 12 rings (SSSR count). The summed E-state index contributed by atoms with van der Waals surface area (Å²) in [5.74, 6) is 6.64. The smallest absolute Gasteiger partial charge is 0.407 e. The summed E-state index contributed by atoms with van der Waals surface area (Å²) in [5.41, 5.74) is 1.97. The highest BCUT2D eigenvalue weighted by molar-refractivity contribution is 5.80. The zero-order valence-corrected chi connectivity index (χ0v) is 33.7. The van der Waals surface area contributed by atoms with Gasteiger partial charge in [0.25, 0.3) is 0 Å². The van der Waals surface area contributed by atoms with Gasteiger partial charge >= 0.3 is 6.09 Å². The Hall–Kier alpha value is -4.00. The second-order valence-electron chi connectivity index (χ2n) is 19.6. The molecule has 10 heteroatoms. The number of benzene rings is 2. The summed E-state index contributed by atoms with van der Waals surface area (Å²) in [6, 6.07) is 16.2. The van der Waals surface area contributed by atoms with Crippen molar-refractivity contribution in [1.82, 2.24) is 15.1 Å². The van der Waals surface area contributed by atoms with Gasteiger partial charge in [-0.1, -0.05) is 38.1 Å². The van der Waals surface area contributed by atoms with Crippen molar-refractivity contribution in [3.8, 4) is 6.07 Å². The Morgan fingerprint density at radius 2 is 1.02 bits per heavy atom. The lowest BCUT2D eigenvalue weighted by atomic mass is 9.41. The van der Waals surface area contributed by atoms with Crippen molar-refractivity contribution in [2.45, 2.75) is 95.0 Å². The number of amides is 3. The minimum absolute atomic E-state index is 0.00456. The van der Waals surface area contributed by atoms with E-state index in [1.807, 2.05) is 34.1 Å². The summed E-state index contributed by atoms with van der Waals surface area (Å²) in [6.45, 7) is 6.90. The van der Waals surface area contributed by atoms with E-state index in [0.29, 0.717) is 62.7 Å². The highest BCUT2D eigenvalue weighted by atomic mass is 19.1. The van der Waals surface area contributed by atoms with E-state index in [1.165, 1.54) is 58.4 Å². The third-order valence-electron chi connectivity index (χ3n) is 17.3. The highest BCUT2D eigenvalue weighted by Crippen LogP contribution is 2.67. The molecule has 8 aliphatic carbocycles. The molecular formula is C47H58F2N4O4. The van der Waals surface area contributed by atoms with Gasteiger partial charge in [-0.05, 0) is 146 Å². The number of ether oxygens (including phenoxy) is 1. The van der Waals surface area contributed by atoms with E-state index in [0.717, 1.165) is 46.6 Å². The number of carbonyl (C=O) groups excluding carboxylic acids is 3. The second-order valence-corrected chi connectivity index (χ2v) is 19.6. The molecule has 8 saturated carbocycles. The molecule has 2 saturated heterocycles. The number of nitrogens with one attached hydrogen (secondary N) is 1. The van der Waals surface area contributed by atoms with Crippen LogP contribution in [0.5, 0.6) is 0 Å². The number of alkyl carbamates (subject to hydrolysis) is 1. The second kappa shape index (κ2) is 14.7. The topological polar surface area (TPSA) is 103 Å². The zero-order valence-electron chi connectivity index (χ0n) is 33.7. The van der Waals surface area contributed by atoms with E-state index in [-0.39, 0.29) is 46.3 Å². The number of halogens is 2. The molecule has 1 N–H and O–H groups in total. The molecule has 10 aliphatic rings. The van der Waals surface area contributed by atoms with E-state index < -0.39 is 6.09 Å². The summed E-state index contributed by atoms with van der Waals surface area (Å²) >= 11 is 0. The van der Waals surface area contributed by atoms with Crippen LogP contribution >= 0.6 is 0 Å². The minimum atomic E-state index is -0.454.